The molecule has 0 atom stereocenters. The van der Waals surface area contributed by atoms with Crippen LogP contribution in [0.1, 0.15) is 40.5 Å². The minimum atomic E-state index is -1.51. The molecule has 0 aliphatic carbocycles. The number of allylic oxidation sites excluding steroid dienone is 8. The van der Waals surface area contributed by atoms with Gasteiger partial charge in [0.15, 0.2) is 23.3 Å². The number of esters is 1. The van der Waals surface area contributed by atoms with Crippen molar-refractivity contribution in [2.24, 2.45) is 0 Å². The number of ether oxygens (including phenoxy) is 2. The highest BCUT2D eigenvalue weighted by Crippen LogP contribution is 2.33. The second-order valence-electron chi connectivity index (χ2n) is 4.89. The molecule has 0 spiro atoms. The van der Waals surface area contributed by atoms with Crippen molar-refractivity contribution in [3.05, 3.63) is 58.6 Å². The van der Waals surface area contributed by atoms with Crippen LogP contribution in [-0.2, 0) is 19.1 Å². The molecule has 0 amide bonds. The molecule has 0 aliphatic heterocycles. The zero-order chi connectivity index (χ0) is 20.4. The maximum Gasteiger partial charge on any atom is 0.335 e. The summed E-state index contributed by atoms with van der Waals surface area (Å²) in [4.78, 5) is 21.4. The summed E-state index contributed by atoms with van der Waals surface area (Å²) < 4.78 is 65.6. The second-order valence-corrected chi connectivity index (χ2v) is 4.89. The lowest BCUT2D eigenvalue weighted by atomic mass is 10.0. The molecule has 0 fully saturated rings. The Kier molecular flexibility index (Phi) is 9.94. The summed E-state index contributed by atoms with van der Waals surface area (Å²) in [7, 11) is 0. The number of carbonyl (C=O) groups is 2. The summed E-state index contributed by atoms with van der Waals surface area (Å²) in [5.74, 6) is -8.29. The highest BCUT2D eigenvalue weighted by atomic mass is 19.2. The van der Waals surface area contributed by atoms with Gasteiger partial charge in [0.1, 0.15) is 11.5 Å². The molecule has 0 rings (SSSR count). The lowest BCUT2D eigenvalue weighted by Gasteiger charge is -2.11. The molecule has 0 aromatic carbocycles. The molecule has 0 unspecified atom stereocenters. The maximum atomic E-state index is 14.4. The molecule has 0 bridgehead atoms. The summed E-state index contributed by atoms with van der Waals surface area (Å²) >= 11 is 0. The quantitative estimate of drug-likeness (QED) is 0.132. The lowest BCUT2D eigenvalue weighted by molar-refractivity contribution is -0.134. The Bertz CT molecular complexity index is 700. The van der Waals surface area contributed by atoms with Crippen LogP contribution in [-0.4, -0.2) is 12.4 Å². The Morgan fingerprint density at radius 3 is 1.96 bits per heavy atom. The third-order valence-corrected chi connectivity index (χ3v) is 3.28. The molecule has 0 N–H and O–H groups in total. The fourth-order valence-electron chi connectivity index (χ4n) is 1.85. The minimum absolute atomic E-state index is 0.0963. The first kappa shape index (κ1) is 23.4. The number of hydrogen-bond acceptors (Lipinski definition) is 4. The Morgan fingerprint density at radius 1 is 0.962 bits per heavy atom. The van der Waals surface area contributed by atoms with Crippen molar-refractivity contribution < 1.29 is 36.6 Å². The van der Waals surface area contributed by atoms with Gasteiger partial charge in [-0.05, 0) is 31.4 Å². The second kappa shape index (κ2) is 11.1. The third kappa shape index (κ3) is 6.02. The van der Waals surface area contributed by atoms with E-state index >= 15 is 0 Å². The van der Waals surface area contributed by atoms with E-state index in [0.29, 0.717) is 0 Å². The third-order valence-electron chi connectivity index (χ3n) is 3.28. The average molecular weight is 376 g/mol. The van der Waals surface area contributed by atoms with Gasteiger partial charge >= 0.3 is 5.97 Å². The highest BCUT2D eigenvalue weighted by Gasteiger charge is 2.22. The Balaban J connectivity index is 6.29. The molecular weight excluding hydrogens is 356 g/mol. The van der Waals surface area contributed by atoms with Crippen LogP contribution in [0.25, 0.3) is 0 Å². The molecule has 26 heavy (non-hydrogen) atoms. The van der Waals surface area contributed by atoms with Crippen molar-refractivity contribution in [2.75, 3.05) is 0 Å². The van der Waals surface area contributed by atoms with Gasteiger partial charge in [-0.3, -0.25) is 4.79 Å². The largest absolute Gasteiger partial charge is 0.430 e. The van der Waals surface area contributed by atoms with Gasteiger partial charge in [0, 0.05) is 12.5 Å². The van der Waals surface area contributed by atoms with Gasteiger partial charge in [-0.2, -0.15) is 8.78 Å². The van der Waals surface area contributed by atoms with E-state index in [1.807, 2.05) is 0 Å². The van der Waals surface area contributed by atoms with Gasteiger partial charge in [0.05, 0.1) is 0 Å². The van der Waals surface area contributed by atoms with E-state index in [1.54, 1.807) is 0 Å². The van der Waals surface area contributed by atoms with Crippen molar-refractivity contribution in [3.63, 3.8) is 0 Å². The predicted molar refractivity (Wildman–Crippen MR) is 87.9 cm³/mol. The Morgan fingerprint density at radius 2 is 1.54 bits per heavy atom. The minimum Gasteiger partial charge on any atom is -0.430 e. The summed E-state index contributed by atoms with van der Waals surface area (Å²) in [6.07, 6.45) is 0.415. The van der Waals surface area contributed by atoms with Gasteiger partial charge in [-0.1, -0.05) is 20.4 Å². The van der Waals surface area contributed by atoms with Crippen LogP contribution in [0.4, 0.5) is 17.6 Å². The van der Waals surface area contributed by atoms with E-state index in [0.717, 1.165) is 19.9 Å². The van der Waals surface area contributed by atoms with E-state index < -0.39 is 51.9 Å². The van der Waals surface area contributed by atoms with E-state index in [-0.39, 0.29) is 19.3 Å². The molecule has 0 aromatic heterocycles. The SMILES string of the molecule is C=CC(=O)O/C(CC)=C(F)/C(F)=C(C)/C(CC)=C(F)/C(F)=C(\C)OC=O. The standard InChI is InChI=1S/C18H20F4O4/c1-6-12(17(21)16(20)11(5)25-9-23)10(4)15(19)18(22)13(7-2)26-14(24)8-3/h8-9H,3,6-7H2,1-2,4-5H3/b15-10-,16-11-,17-12-,18-13-. The first-order valence-electron chi connectivity index (χ1n) is 7.61. The van der Waals surface area contributed by atoms with E-state index in [2.05, 4.69) is 16.1 Å². The van der Waals surface area contributed by atoms with Crippen LogP contribution in [0.5, 0.6) is 0 Å². The van der Waals surface area contributed by atoms with Gasteiger partial charge in [-0.15, -0.1) is 0 Å². The normalized spacial score (nSPS) is 15.1. The molecular formula is C18H20F4O4. The number of rotatable bonds is 9. The zero-order valence-electron chi connectivity index (χ0n) is 14.9. The molecule has 8 heteroatoms. The monoisotopic (exact) mass is 376 g/mol. The van der Waals surface area contributed by atoms with Gasteiger partial charge in [0.2, 0.25) is 0 Å². The topological polar surface area (TPSA) is 52.6 Å². The summed E-state index contributed by atoms with van der Waals surface area (Å²) in [5.41, 5.74) is -1.01. The van der Waals surface area contributed by atoms with Crippen molar-refractivity contribution in [1.82, 2.24) is 0 Å². The molecule has 0 aliphatic rings. The maximum absolute atomic E-state index is 14.4. The molecule has 144 valence electrons. The molecule has 4 nitrogen and oxygen atoms in total. The number of hydrogen-bond donors (Lipinski definition) is 0. The number of carbonyl (C=O) groups excluding carboxylic acids is 2. The van der Waals surface area contributed by atoms with Crippen molar-refractivity contribution in [3.8, 4) is 0 Å². The lowest BCUT2D eigenvalue weighted by Crippen LogP contribution is -2.03. The fraction of sp³-hybridized carbons (Fsp3) is 0.333. The van der Waals surface area contributed by atoms with Crippen molar-refractivity contribution in [1.29, 1.82) is 0 Å². The Hall–Kier alpha value is -2.64. The molecule has 0 saturated carbocycles. The predicted octanol–water partition coefficient (Wildman–Crippen LogP) is 5.56. The average Bonchev–Trinajstić information content (AvgIpc) is 2.64. The smallest absolute Gasteiger partial charge is 0.335 e. The molecule has 0 radical (unpaired) electrons. The van der Waals surface area contributed by atoms with Crippen LogP contribution in [0, 0.1) is 0 Å². The van der Waals surface area contributed by atoms with Crippen LogP contribution in [0.2, 0.25) is 0 Å². The van der Waals surface area contributed by atoms with Crippen molar-refractivity contribution in [2.45, 2.75) is 40.5 Å². The fourth-order valence-corrected chi connectivity index (χ4v) is 1.85. The van der Waals surface area contributed by atoms with Crippen LogP contribution >= 0.6 is 0 Å². The summed E-state index contributed by atoms with van der Waals surface area (Å²) in [5, 5.41) is 0. The first-order valence-corrected chi connectivity index (χ1v) is 7.61. The van der Waals surface area contributed by atoms with Gasteiger partial charge in [-0.25, -0.2) is 13.6 Å². The van der Waals surface area contributed by atoms with Crippen LogP contribution in [0.3, 0.4) is 0 Å². The highest BCUT2D eigenvalue weighted by molar-refractivity contribution is 5.82. The molecule has 0 aromatic rings. The van der Waals surface area contributed by atoms with Gasteiger partial charge < -0.3 is 9.47 Å². The zero-order valence-corrected chi connectivity index (χ0v) is 14.9. The van der Waals surface area contributed by atoms with Gasteiger partial charge in [0.25, 0.3) is 6.47 Å². The van der Waals surface area contributed by atoms with Crippen LogP contribution in [0.15, 0.2) is 58.6 Å². The van der Waals surface area contributed by atoms with Crippen LogP contribution < -0.4 is 0 Å². The summed E-state index contributed by atoms with van der Waals surface area (Å²) in [6, 6.07) is 0. The van der Waals surface area contributed by atoms with Crippen molar-refractivity contribution >= 4 is 12.4 Å². The van der Waals surface area contributed by atoms with E-state index in [4.69, 9.17) is 0 Å². The van der Waals surface area contributed by atoms with E-state index in [1.165, 1.54) is 13.8 Å². The first-order chi connectivity index (χ1) is 12.2. The van der Waals surface area contributed by atoms with E-state index in [9.17, 15) is 27.2 Å². The number of halogens is 4. The molecule has 0 heterocycles. The molecule has 0 saturated heterocycles. The Labute approximate surface area is 149 Å². The summed E-state index contributed by atoms with van der Waals surface area (Å²) in [6.45, 7) is 7.89.